The van der Waals surface area contributed by atoms with Crippen molar-refractivity contribution in [3.8, 4) is 5.69 Å². The number of halogens is 2. The maximum Gasteiger partial charge on any atom is 0.352 e. The van der Waals surface area contributed by atoms with Crippen molar-refractivity contribution in [2.75, 3.05) is 0 Å². The first-order valence-electron chi connectivity index (χ1n) is 5.32. The number of carbonyl (C=O) groups is 2. The Labute approximate surface area is 122 Å². The van der Waals surface area contributed by atoms with Crippen LogP contribution in [0.5, 0.6) is 0 Å². The van der Waals surface area contributed by atoms with Gasteiger partial charge in [-0.1, -0.05) is 11.6 Å². The van der Waals surface area contributed by atoms with Crippen molar-refractivity contribution in [3.63, 3.8) is 0 Å². The molecule has 0 spiro atoms. The van der Waals surface area contributed by atoms with E-state index in [0.29, 0.717) is 20.7 Å². The Morgan fingerprint density at radius 2 is 2.00 bits per heavy atom. The van der Waals surface area contributed by atoms with Crippen molar-refractivity contribution in [2.24, 2.45) is 0 Å². The van der Waals surface area contributed by atoms with Gasteiger partial charge in [0.05, 0.1) is 5.69 Å². The summed E-state index contributed by atoms with van der Waals surface area (Å²) in [7, 11) is 0. The normalized spacial score (nSPS) is 10.5. The molecule has 0 bridgehead atoms. The highest BCUT2D eigenvalue weighted by atomic mass is 79.9. The van der Waals surface area contributed by atoms with Gasteiger partial charge in [0.2, 0.25) is 0 Å². The Kier molecular flexibility index (Phi) is 3.78. The summed E-state index contributed by atoms with van der Waals surface area (Å²) in [6, 6.07) is 6.35. The Morgan fingerprint density at radius 1 is 1.32 bits per heavy atom. The summed E-state index contributed by atoms with van der Waals surface area (Å²) in [4.78, 5) is 22.6. The van der Waals surface area contributed by atoms with Crippen LogP contribution in [0.4, 0.5) is 0 Å². The van der Waals surface area contributed by atoms with E-state index in [0.717, 1.165) is 0 Å². The number of rotatable bonds is 3. The quantitative estimate of drug-likeness (QED) is 0.863. The summed E-state index contributed by atoms with van der Waals surface area (Å²) in [6.45, 7) is 1.39. The molecule has 98 valence electrons. The maximum atomic E-state index is 11.4. The number of ketones is 1. The van der Waals surface area contributed by atoms with Gasteiger partial charge in [0.25, 0.3) is 0 Å². The van der Waals surface area contributed by atoms with Gasteiger partial charge in [0.1, 0.15) is 5.69 Å². The molecule has 1 N–H and O–H groups in total. The molecule has 1 heterocycles. The van der Waals surface area contributed by atoms with Gasteiger partial charge in [0, 0.05) is 21.3 Å². The largest absolute Gasteiger partial charge is 0.477 e. The van der Waals surface area contributed by atoms with Crippen LogP contribution in [0.1, 0.15) is 27.8 Å². The number of carboxylic acids is 1. The lowest BCUT2D eigenvalue weighted by Gasteiger charge is -2.08. The fraction of sp³-hybridized carbons (Fsp3) is 0.0769. The lowest BCUT2D eigenvalue weighted by molar-refractivity contribution is 0.0688. The van der Waals surface area contributed by atoms with Gasteiger partial charge in [0.15, 0.2) is 5.78 Å². The number of aromatic nitrogens is 1. The van der Waals surface area contributed by atoms with Crippen molar-refractivity contribution in [1.82, 2.24) is 4.57 Å². The van der Waals surface area contributed by atoms with Gasteiger partial charge in [-0.2, -0.15) is 0 Å². The Morgan fingerprint density at radius 3 is 2.53 bits per heavy atom. The summed E-state index contributed by atoms with van der Waals surface area (Å²) in [5.41, 5.74) is 0.974. The molecule has 0 saturated heterocycles. The minimum absolute atomic E-state index is 0.0215. The van der Waals surface area contributed by atoms with Crippen molar-refractivity contribution < 1.29 is 14.7 Å². The highest BCUT2D eigenvalue weighted by Gasteiger charge is 2.17. The second kappa shape index (κ2) is 5.19. The van der Waals surface area contributed by atoms with Crippen molar-refractivity contribution in [3.05, 3.63) is 51.2 Å². The van der Waals surface area contributed by atoms with E-state index in [1.807, 2.05) is 0 Å². The molecule has 0 aliphatic rings. The van der Waals surface area contributed by atoms with Crippen LogP contribution >= 0.6 is 27.5 Å². The number of Topliss-reactive ketones (excluding diaryl/α,β-unsaturated/α-hetero) is 1. The smallest absolute Gasteiger partial charge is 0.352 e. The molecule has 6 heteroatoms. The first kappa shape index (κ1) is 13.8. The number of carbonyl (C=O) groups excluding carboxylic acids is 1. The summed E-state index contributed by atoms with van der Waals surface area (Å²) >= 11 is 9.18. The van der Waals surface area contributed by atoms with E-state index in [-0.39, 0.29) is 11.5 Å². The van der Waals surface area contributed by atoms with Crippen molar-refractivity contribution in [1.29, 1.82) is 0 Å². The Hall–Kier alpha value is -1.59. The van der Waals surface area contributed by atoms with Crippen LogP contribution in [0, 0.1) is 0 Å². The van der Waals surface area contributed by atoms with E-state index in [4.69, 9.17) is 11.6 Å². The number of nitrogens with zero attached hydrogens (tertiary/aromatic N) is 1. The van der Waals surface area contributed by atoms with Gasteiger partial charge in [-0.3, -0.25) is 4.79 Å². The van der Waals surface area contributed by atoms with Gasteiger partial charge in [-0.15, -0.1) is 0 Å². The molecule has 0 atom stereocenters. The average Bonchev–Trinajstić information content (AvgIpc) is 2.73. The van der Waals surface area contributed by atoms with Gasteiger partial charge >= 0.3 is 5.97 Å². The minimum atomic E-state index is -1.10. The molecule has 0 radical (unpaired) electrons. The van der Waals surface area contributed by atoms with Crippen molar-refractivity contribution in [2.45, 2.75) is 6.92 Å². The Balaban J connectivity index is 2.66. The third kappa shape index (κ3) is 2.72. The first-order valence-corrected chi connectivity index (χ1v) is 6.49. The number of hydrogen-bond acceptors (Lipinski definition) is 2. The molecule has 1 aromatic carbocycles. The number of carboxylic acid groups (broad SMARTS) is 1. The molecule has 2 rings (SSSR count). The van der Waals surface area contributed by atoms with Gasteiger partial charge < -0.3 is 9.67 Å². The van der Waals surface area contributed by atoms with Crippen LogP contribution < -0.4 is 0 Å². The van der Waals surface area contributed by atoms with Crippen LogP contribution in [0.25, 0.3) is 5.69 Å². The molecule has 2 aromatic rings. The molecular formula is C13H9BrClNO3. The maximum absolute atomic E-state index is 11.4. The van der Waals surface area contributed by atoms with Crippen LogP contribution in [0.3, 0.4) is 0 Å². The number of aromatic carboxylic acids is 1. The zero-order chi connectivity index (χ0) is 14.2. The predicted octanol–water partition coefficient (Wildman–Crippen LogP) is 3.79. The SMILES string of the molecule is CC(=O)c1cc(C(=O)O)n(-c2ccc(Cl)cc2Br)c1. The Bertz CT molecular complexity index is 679. The highest BCUT2D eigenvalue weighted by molar-refractivity contribution is 9.10. The summed E-state index contributed by atoms with van der Waals surface area (Å²) < 4.78 is 2.09. The second-order valence-corrected chi connectivity index (χ2v) is 5.23. The molecule has 0 aliphatic carbocycles. The van der Waals surface area contributed by atoms with E-state index >= 15 is 0 Å². The summed E-state index contributed by atoms with van der Waals surface area (Å²) in [5, 5.41) is 9.73. The van der Waals surface area contributed by atoms with Gasteiger partial charge in [-0.25, -0.2) is 4.79 Å². The van der Waals surface area contributed by atoms with Gasteiger partial charge in [-0.05, 0) is 47.1 Å². The summed E-state index contributed by atoms with van der Waals surface area (Å²) in [6.07, 6.45) is 1.50. The molecule has 0 fully saturated rings. The molecule has 19 heavy (non-hydrogen) atoms. The van der Waals surface area contributed by atoms with E-state index < -0.39 is 5.97 Å². The lowest BCUT2D eigenvalue weighted by Crippen LogP contribution is -2.06. The molecule has 0 aliphatic heterocycles. The van der Waals surface area contributed by atoms with E-state index in [1.54, 1.807) is 18.2 Å². The lowest BCUT2D eigenvalue weighted by atomic mass is 10.2. The topological polar surface area (TPSA) is 59.3 Å². The van der Waals surface area contributed by atoms with E-state index in [9.17, 15) is 14.7 Å². The third-order valence-electron chi connectivity index (χ3n) is 2.61. The molecule has 0 saturated carbocycles. The zero-order valence-corrected chi connectivity index (χ0v) is 12.2. The fourth-order valence-corrected chi connectivity index (χ4v) is 2.57. The third-order valence-corrected chi connectivity index (χ3v) is 3.49. The number of benzene rings is 1. The average molecular weight is 343 g/mol. The second-order valence-electron chi connectivity index (χ2n) is 3.94. The molecule has 4 nitrogen and oxygen atoms in total. The van der Waals surface area contributed by atoms with E-state index in [2.05, 4.69) is 15.9 Å². The monoisotopic (exact) mass is 341 g/mol. The predicted molar refractivity (Wildman–Crippen MR) is 75.4 cm³/mol. The molecule has 0 unspecified atom stereocenters. The highest BCUT2D eigenvalue weighted by Crippen LogP contribution is 2.27. The van der Waals surface area contributed by atoms with Crippen LogP contribution in [-0.2, 0) is 0 Å². The molecule has 0 amide bonds. The fourth-order valence-electron chi connectivity index (χ4n) is 1.70. The first-order chi connectivity index (χ1) is 8.90. The summed E-state index contributed by atoms with van der Waals surface area (Å²) in [5.74, 6) is -1.29. The minimum Gasteiger partial charge on any atom is -0.477 e. The van der Waals surface area contributed by atoms with Crippen molar-refractivity contribution >= 4 is 39.3 Å². The van der Waals surface area contributed by atoms with E-state index in [1.165, 1.54) is 23.8 Å². The molecular weight excluding hydrogens is 334 g/mol. The number of hydrogen-bond donors (Lipinski definition) is 1. The zero-order valence-electron chi connectivity index (χ0n) is 9.85. The standard InChI is InChI=1S/C13H9BrClNO3/c1-7(17)8-4-12(13(18)19)16(6-8)11-3-2-9(15)5-10(11)14/h2-6H,1H3,(H,18,19). The van der Waals surface area contributed by atoms with Crippen LogP contribution in [0.2, 0.25) is 5.02 Å². The van der Waals surface area contributed by atoms with Crippen LogP contribution in [-0.4, -0.2) is 21.4 Å². The van der Waals surface area contributed by atoms with Crippen LogP contribution in [0.15, 0.2) is 34.9 Å². The molecule has 1 aromatic heterocycles.